The smallest absolute Gasteiger partial charge is 0.263 e. The number of amides is 1. The van der Waals surface area contributed by atoms with Crippen LogP contribution >= 0.6 is 27.3 Å². The third-order valence-electron chi connectivity index (χ3n) is 2.84. The van der Waals surface area contributed by atoms with E-state index in [0.717, 1.165) is 20.8 Å². The highest BCUT2D eigenvalue weighted by atomic mass is 79.9. The topological polar surface area (TPSA) is 89.3 Å². The Morgan fingerprint density at radius 3 is 2.71 bits per heavy atom. The van der Waals surface area contributed by atoms with E-state index in [1.54, 1.807) is 6.92 Å². The second-order valence-electron chi connectivity index (χ2n) is 4.92. The van der Waals surface area contributed by atoms with Gasteiger partial charge in [-0.3, -0.25) is 4.79 Å². The lowest BCUT2D eigenvalue weighted by Gasteiger charge is -2.12. The Morgan fingerprint density at radius 2 is 2.14 bits per heavy atom. The average Bonchev–Trinajstić information content (AvgIpc) is 2.65. The summed E-state index contributed by atoms with van der Waals surface area (Å²) >= 11 is 4.71. The van der Waals surface area contributed by atoms with Gasteiger partial charge in [0.25, 0.3) is 5.91 Å². The normalized spacial score (nSPS) is 13.3. The highest BCUT2D eigenvalue weighted by Gasteiger charge is 2.20. The van der Waals surface area contributed by atoms with Crippen LogP contribution in [0.25, 0.3) is 10.1 Å². The zero-order valence-electron chi connectivity index (χ0n) is 11.5. The van der Waals surface area contributed by atoms with Gasteiger partial charge in [0.1, 0.15) is 14.7 Å². The van der Waals surface area contributed by atoms with Crippen molar-refractivity contribution in [2.45, 2.75) is 13.0 Å². The van der Waals surface area contributed by atoms with Gasteiger partial charge in [-0.25, -0.2) is 8.42 Å². The minimum absolute atomic E-state index is 0.104. The molecule has 0 aliphatic heterocycles. The number of carbonyl (C=O) groups is 1. The zero-order valence-corrected chi connectivity index (χ0v) is 14.7. The number of carbonyl (C=O) groups excluding carboxylic acids is 1. The molecule has 0 saturated heterocycles. The van der Waals surface area contributed by atoms with Crippen LogP contribution in [0.1, 0.15) is 16.6 Å². The van der Waals surface area contributed by atoms with Crippen LogP contribution in [0.4, 0.5) is 5.69 Å². The van der Waals surface area contributed by atoms with Crippen molar-refractivity contribution in [3.63, 3.8) is 0 Å². The molecule has 0 aliphatic carbocycles. The number of sulfone groups is 1. The first kappa shape index (κ1) is 16.3. The van der Waals surface area contributed by atoms with Crippen LogP contribution in [0.5, 0.6) is 0 Å². The van der Waals surface area contributed by atoms with E-state index in [0.29, 0.717) is 10.6 Å². The van der Waals surface area contributed by atoms with E-state index >= 15 is 0 Å². The lowest BCUT2D eigenvalue weighted by Crippen LogP contribution is -2.37. The van der Waals surface area contributed by atoms with Gasteiger partial charge in [0.2, 0.25) is 0 Å². The Bertz CT molecular complexity index is 799. The quantitative estimate of drug-likeness (QED) is 0.838. The van der Waals surface area contributed by atoms with Crippen molar-refractivity contribution in [1.82, 2.24) is 5.32 Å². The minimum atomic E-state index is -3.14. The molecule has 0 radical (unpaired) electrons. The predicted octanol–water partition coefficient (Wildman–Crippen LogP) is 2.41. The average molecular weight is 391 g/mol. The van der Waals surface area contributed by atoms with Gasteiger partial charge in [-0.15, -0.1) is 11.3 Å². The Morgan fingerprint density at radius 1 is 1.48 bits per heavy atom. The number of thiophene rings is 1. The van der Waals surface area contributed by atoms with Gasteiger partial charge in [0, 0.05) is 26.9 Å². The number of fused-ring (bicyclic) bond motifs is 1. The summed E-state index contributed by atoms with van der Waals surface area (Å²) in [5.74, 6) is -0.454. The van der Waals surface area contributed by atoms with E-state index in [-0.39, 0.29) is 11.7 Å². The minimum Gasteiger partial charge on any atom is -0.397 e. The first-order chi connectivity index (χ1) is 9.69. The number of nitrogens with two attached hydrogens (primary N) is 1. The molecular formula is C13H15BrN2O3S2. The van der Waals surface area contributed by atoms with Crippen LogP contribution in [0.15, 0.2) is 22.7 Å². The van der Waals surface area contributed by atoms with Crippen LogP contribution in [0, 0.1) is 0 Å². The maximum atomic E-state index is 12.3. The van der Waals surface area contributed by atoms with E-state index in [4.69, 9.17) is 5.73 Å². The van der Waals surface area contributed by atoms with E-state index in [2.05, 4.69) is 21.2 Å². The third-order valence-corrected chi connectivity index (χ3v) is 5.77. The lowest BCUT2D eigenvalue weighted by atomic mass is 10.2. The van der Waals surface area contributed by atoms with Crippen LogP contribution in [-0.2, 0) is 9.84 Å². The van der Waals surface area contributed by atoms with Crippen molar-refractivity contribution in [2.75, 3.05) is 17.7 Å². The van der Waals surface area contributed by atoms with Crippen LogP contribution in [-0.4, -0.2) is 32.4 Å². The van der Waals surface area contributed by atoms with Crippen molar-refractivity contribution < 1.29 is 13.2 Å². The summed E-state index contributed by atoms with van der Waals surface area (Å²) in [4.78, 5) is 12.7. The fraction of sp³-hybridized carbons (Fsp3) is 0.308. The summed E-state index contributed by atoms with van der Waals surface area (Å²) in [6.07, 6.45) is 1.14. The molecule has 1 aromatic carbocycles. The Hall–Kier alpha value is -1.12. The molecule has 0 bridgehead atoms. The van der Waals surface area contributed by atoms with Gasteiger partial charge >= 0.3 is 0 Å². The number of nitrogen functional groups attached to an aromatic ring is 1. The number of benzene rings is 1. The van der Waals surface area contributed by atoms with Crippen LogP contribution in [0.2, 0.25) is 0 Å². The molecule has 2 aromatic rings. The SMILES string of the molecule is CC(CS(C)(=O)=O)NC(=O)c1sc2cccc(Br)c2c1N. The van der Waals surface area contributed by atoms with E-state index in [1.807, 2.05) is 18.2 Å². The van der Waals surface area contributed by atoms with Crippen LogP contribution in [0.3, 0.4) is 0 Å². The number of hydrogen-bond acceptors (Lipinski definition) is 5. The molecule has 8 heteroatoms. The molecule has 3 N–H and O–H groups in total. The summed E-state index contributed by atoms with van der Waals surface area (Å²) in [5.41, 5.74) is 6.45. The highest BCUT2D eigenvalue weighted by Crippen LogP contribution is 2.38. The molecule has 0 saturated carbocycles. The molecule has 21 heavy (non-hydrogen) atoms. The number of halogens is 1. The lowest BCUT2D eigenvalue weighted by molar-refractivity contribution is 0.0948. The number of rotatable bonds is 4. The monoisotopic (exact) mass is 390 g/mol. The second-order valence-corrected chi connectivity index (χ2v) is 9.02. The molecule has 5 nitrogen and oxygen atoms in total. The summed E-state index contributed by atoms with van der Waals surface area (Å²) in [7, 11) is -3.14. The molecule has 0 fully saturated rings. The molecule has 1 amide bonds. The summed E-state index contributed by atoms with van der Waals surface area (Å²) in [6, 6.07) is 5.15. The van der Waals surface area contributed by atoms with E-state index < -0.39 is 15.9 Å². The van der Waals surface area contributed by atoms with Gasteiger partial charge in [-0.2, -0.15) is 0 Å². The Kier molecular flexibility index (Phi) is 4.60. The molecule has 1 heterocycles. The number of nitrogens with one attached hydrogen (secondary N) is 1. The summed E-state index contributed by atoms with van der Waals surface area (Å²) in [6.45, 7) is 1.65. The predicted molar refractivity (Wildman–Crippen MR) is 90.6 cm³/mol. The second kappa shape index (κ2) is 5.94. The van der Waals surface area contributed by atoms with Gasteiger partial charge in [0.15, 0.2) is 0 Å². The summed E-state index contributed by atoms with van der Waals surface area (Å²) < 4.78 is 24.2. The molecule has 1 unspecified atom stereocenters. The highest BCUT2D eigenvalue weighted by molar-refractivity contribution is 9.10. The van der Waals surface area contributed by atoms with Gasteiger partial charge in [0.05, 0.1) is 11.4 Å². The Balaban J connectivity index is 2.28. The maximum Gasteiger partial charge on any atom is 0.263 e. The largest absolute Gasteiger partial charge is 0.397 e. The molecule has 2 rings (SSSR count). The maximum absolute atomic E-state index is 12.3. The zero-order chi connectivity index (χ0) is 15.8. The number of hydrogen-bond donors (Lipinski definition) is 2. The van der Waals surface area contributed by atoms with Gasteiger partial charge in [-0.05, 0) is 19.1 Å². The van der Waals surface area contributed by atoms with E-state index in [9.17, 15) is 13.2 Å². The molecule has 114 valence electrons. The van der Waals surface area contributed by atoms with Crippen molar-refractivity contribution in [1.29, 1.82) is 0 Å². The standard InChI is InChI=1S/C13H15BrN2O3S2/c1-7(6-21(2,18)19)16-13(17)12-11(15)10-8(14)4-3-5-9(10)20-12/h3-5,7H,6,15H2,1-2H3,(H,16,17). The first-order valence-electron chi connectivity index (χ1n) is 6.14. The number of anilines is 1. The van der Waals surface area contributed by atoms with Crippen molar-refractivity contribution in [3.8, 4) is 0 Å². The fourth-order valence-corrected chi connectivity index (χ4v) is 4.84. The Labute approximate surface area is 135 Å². The molecule has 1 aromatic heterocycles. The summed E-state index contributed by atoms with van der Waals surface area (Å²) in [5, 5.41) is 3.48. The molecule has 0 spiro atoms. The van der Waals surface area contributed by atoms with Gasteiger partial charge < -0.3 is 11.1 Å². The first-order valence-corrected chi connectivity index (χ1v) is 9.81. The van der Waals surface area contributed by atoms with Crippen molar-refractivity contribution in [3.05, 3.63) is 27.5 Å². The molecular weight excluding hydrogens is 376 g/mol. The fourth-order valence-electron chi connectivity index (χ4n) is 2.08. The van der Waals surface area contributed by atoms with Crippen molar-refractivity contribution in [2.24, 2.45) is 0 Å². The molecule has 0 aliphatic rings. The van der Waals surface area contributed by atoms with E-state index in [1.165, 1.54) is 11.3 Å². The van der Waals surface area contributed by atoms with Crippen LogP contribution < -0.4 is 11.1 Å². The molecule has 1 atom stereocenters. The third kappa shape index (κ3) is 3.75. The van der Waals surface area contributed by atoms with Gasteiger partial charge in [-0.1, -0.05) is 22.0 Å². The van der Waals surface area contributed by atoms with Crippen molar-refractivity contribution >= 4 is 58.8 Å².